The Kier molecular flexibility index (Phi) is 13.0. The quantitative estimate of drug-likeness (QED) is 0.365. The normalized spacial score (nSPS) is 9.80. The van der Waals surface area contributed by atoms with E-state index in [0.717, 1.165) is 33.4 Å². The van der Waals surface area contributed by atoms with E-state index in [1.807, 2.05) is 72.8 Å². The van der Waals surface area contributed by atoms with Crippen molar-refractivity contribution in [3.63, 3.8) is 0 Å². The minimum atomic E-state index is 0.577. The molecule has 30 heavy (non-hydrogen) atoms. The average molecular weight is 409 g/mol. The lowest BCUT2D eigenvalue weighted by molar-refractivity contribution is 0.980. The molecular formula is C24H36N6. The van der Waals surface area contributed by atoms with E-state index < -0.39 is 0 Å². The SMILES string of the molecule is NCc1ccc(CN)cc1.NCc1cccc(CN)c1.NCc1ccccc1CN. The van der Waals surface area contributed by atoms with Gasteiger partial charge in [-0.2, -0.15) is 0 Å². The maximum atomic E-state index is 5.47. The van der Waals surface area contributed by atoms with Crippen molar-refractivity contribution in [2.24, 2.45) is 34.4 Å². The van der Waals surface area contributed by atoms with E-state index in [4.69, 9.17) is 34.4 Å². The Morgan fingerprint density at radius 1 is 0.367 bits per heavy atom. The zero-order valence-corrected chi connectivity index (χ0v) is 17.6. The molecule has 0 fully saturated rings. The highest BCUT2D eigenvalue weighted by Crippen LogP contribution is 2.05. The summed E-state index contributed by atoms with van der Waals surface area (Å²) in [6.07, 6.45) is 0. The van der Waals surface area contributed by atoms with Crippen LogP contribution < -0.4 is 34.4 Å². The lowest BCUT2D eigenvalue weighted by atomic mass is 10.1. The van der Waals surface area contributed by atoms with Gasteiger partial charge in [0.05, 0.1) is 0 Å². The van der Waals surface area contributed by atoms with Crippen LogP contribution in [0, 0.1) is 0 Å². The third kappa shape index (κ3) is 9.28. The van der Waals surface area contributed by atoms with Crippen LogP contribution in [0.3, 0.4) is 0 Å². The van der Waals surface area contributed by atoms with Crippen molar-refractivity contribution in [2.45, 2.75) is 39.3 Å². The molecule has 6 heteroatoms. The number of rotatable bonds is 6. The van der Waals surface area contributed by atoms with Crippen LogP contribution in [0.15, 0.2) is 72.8 Å². The van der Waals surface area contributed by atoms with Gasteiger partial charge < -0.3 is 34.4 Å². The van der Waals surface area contributed by atoms with Crippen molar-refractivity contribution in [1.82, 2.24) is 0 Å². The highest BCUT2D eigenvalue weighted by Gasteiger charge is 1.94. The maximum Gasteiger partial charge on any atom is 0.0181 e. The zero-order chi connectivity index (χ0) is 22.2. The predicted molar refractivity (Wildman–Crippen MR) is 127 cm³/mol. The summed E-state index contributed by atoms with van der Waals surface area (Å²) in [4.78, 5) is 0. The van der Waals surface area contributed by atoms with E-state index in [-0.39, 0.29) is 0 Å². The van der Waals surface area contributed by atoms with E-state index in [9.17, 15) is 0 Å². The Bertz CT molecular complexity index is 768. The molecule has 0 saturated heterocycles. The van der Waals surface area contributed by atoms with Gasteiger partial charge in [-0.3, -0.25) is 0 Å². The first-order valence-corrected chi connectivity index (χ1v) is 10.0. The molecule has 0 amide bonds. The van der Waals surface area contributed by atoms with Crippen molar-refractivity contribution >= 4 is 0 Å². The molecule has 0 aliphatic heterocycles. The van der Waals surface area contributed by atoms with Crippen molar-refractivity contribution in [1.29, 1.82) is 0 Å². The highest BCUT2D eigenvalue weighted by molar-refractivity contribution is 5.26. The monoisotopic (exact) mass is 408 g/mol. The summed E-state index contributed by atoms with van der Waals surface area (Å²) in [6, 6.07) is 24.0. The molecule has 0 saturated carbocycles. The summed E-state index contributed by atoms with van der Waals surface area (Å²) in [5.41, 5.74) is 39.5. The molecule has 3 rings (SSSR count). The minimum absolute atomic E-state index is 0.577. The van der Waals surface area contributed by atoms with E-state index in [1.54, 1.807) is 0 Å². The van der Waals surface area contributed by atoms with Crippen LogP contribution in [-0.4, -0.2) is 0 Å². The van der Waals surface area contributed by atoms with Gasteiger partial charge in [-0.25, -0.2) is 0 Å². The molecule has 0 spiro atoms. The first-order chi connectivity index (χ1) is 14.6. The first-order valence-electron chi connectivity index (χ1n) is 10.0. The summed E-state index contributed by atoms with van der Waals surface area (Å²) in [7, 11) is 0. The first kappa shape index (κ1) is 25.5. The van der Waals surface area contributed by atoms with Gasteiger partial charge in [-0.1, -0.05) is 72.8 Å². The number of nitrogens with two attached hydrogens (primary N) is 6. The molecule has 0 atom stereocenters. The van der Waals surface area contributed by atoms with Crippen LogP contribution in [0.1, 0.15) is 33.4 Å². The molecule has 6 nitrogen and oxygen atoms in total. The van der Waals surface area contributed by atoms with Crippen LogP contribution in [0.5, 0.6) is 0 Å². The lowest BCUT2D eigenvalue weighted by Gasteiger charge is -2.02. The van der Waals surface area contributed by atoms with Crippen LogP contribution in [0.2, 0.25) is 0 Å². The number of benzene rings is 3. The van der Waals surface area contributed by atoms with E-state index >= 15 is 0 Å². The van der Waals surface area contributed by atoms with Crippen molar-refractivity contribution < 1.29 is 0 Å². The summed E-state index contributed by atoms with van der Waals surface area (Å²) in [6.45, 7) is 3.54. The fourth-order valence-electron chi connectivity index (χ4n) is 2.65. The number of hydrogen-bond donors (Lipinski definition) is 6. The summed E-state index contributed by atoms with van der Waals surface area (Å²) in [5.74, 6) is 0. The average Bonchev–Trinajstić information content (AvgIpc) is 2.84. The number of hydrogen-bond acceptors (Lipinski definition) is 6. The Morgan fingerprint density at radius 2 is 0.733 bits per heavy atom. The van der Waals surface area contributed by atoms with Gasteiger partial charge in [0.1, 0.15) is 0 Å². The van der Waals surface area contributed by atoms with Crippen molar-refractivity contribution in [3.05, 3.63) is 106 Å². The molecule has 3 aromatic carbocycles. The van der Waals surface area contributed by atoms with Gasteiger partial charge in [-0.15, -0.1) is 0 Å². The van der Waals surface area contributed by atoms with Gasteiger partial charge in [0.25, 0.3) is 0 Å². The van der Waals surface area contributed by atoms with Crippen LogP contribution >= 0.6 is 0 Å². The highest BCUT2D eigenvalue weighted by atomic mass is 14.6. The van der Waals surface area contributed by atoms with Crippen molar-refractivity contribution in [2.75, 3.05) is 0 Å². The predicted octanol–water partition coefficient (Wildman–Crippen LogP) is 1.81. The second kappa shape index (κ2) is 15.3. The van der Waals surface area contributed by atoms with Gasteiger partial charge >= 0.3 is 0 Å². The molecule has 0 heterocycles. The van der Waals surface area contributed by atoms with E-state index in [0.29, 0.717) is 39.3 Å². The lowest BCUT2D eigenvalue weighted by Crippen LogP contribution is -2.05. The second-order valence-electron chi connectivity index (χ2n) is 6.63. The van der Waals surface area contributed by atoms with E-state index in [2.05, 4.69) is 0 Å². The molecule has 162 valence electrons. The van der Waals surface area contributed by atoms with Crippen LogP contribution in [-0.2, 0) is 39.3 Å². The Balaban J connectivity index is 0.000000225. The second-order valence-corrected chi connectivity index (χ2v) is 6.63. The Hall–Kier alpha value is -2.58. The summed E-state index contributed by atoms with van der Waals surface area (Å²) in [5, 5.41) is 0. The molecule has 12 N–H and O–H groups in total. The topological polar surface area (TPSA) is 156 Å². The largest absolute Gasteiger partial charge is 0.326 e. The van der Waals surface area contributed by atoms with Gasteiger partial charge in [-0.05, 0) is 33.4 Å². The summed E-state index contributed by atoms with van der Waals surface area (Å²) < 4.78 is 0. The smallest absolute Gasteiger partial charge is 0.0181 e. The van der Waals surface area contributed by atoms with Crippen molar-refractivity contribution in [3.8, 4) is 0 Å². The molecular weight excluding hydrogens is 372 g/mol. The Labute approximate surface area is 180 Å². The standard InChI is InChI=1S/3C8H12N2/c9-5-7-1-2-8(6-10)4-3-7;9-5-7-2-1-3-8(4-7)6-10;9-5-7-3-1-2-4-8(7)6-10/h3*1-4H,5-6,9-10H2. The Morgan fingerprint density at radius 3 is 1.03 bits per heavy atom. The summed E-state index contributed by atoms with van der Waals surface area (Å²) >= 11 is 0. The molecule has 0 aliphatic rings. The zero-order valence-electron chi connectivity index (χ0n) is 17.6. The van der Waals surface area contributed by atoms with E-state index in [1.165, 1.54) is 0 Å². The van der Waals surface area contributed by atoms with Gasteiger partial charge in [0.2, 0.25) is 0 Å². The molecule has 3 aromatic rings. The maximum absolute atomic E-state index is 5.47. The molecule has 0 unspecified atom stereocenters. The van der Waals surface area contributed by atoms with Crippen LogP contribution in [0.25, 0.3) is 0 Å². The molecule has 0 radical (unpaired) electrons. The third-order valence-corrected chi connectivity index (χ3v) is 4.52. The molecule has 0 bridgehead atoms. The molecule has 0 aromatic heterocycles. The molecule has 0 aliphatic carbocycles. The third-order valence-electron chi connectivity index (χ3n) is 4.52. The van der Waals surface area contributed by atoms with Gasteiger partial charge in [0.15, 0.2) is 0 Å². The fraction of sp³-hybridized carbons (Fsp3) is 0.250. The fourth-order valence-corrected chi connectivity index (χ4v) is 2.65. The minimum Gasteiger partial charge on any atom is -0.326 e. The van der Waals surface area contributed by atoms with Crippen LogP contribution in [0.4, 0.5) is 0 Å². The van der Waals surface area contributed by atoms with Gasteiger partial charge in [0, 0.05) is 39.3 Å².